The molecule has 5 aromatic rings. The van der Waals surface area contributed by atoms with Gasteiger partial charge in [0, 0.05) is 42.0 Å². The van der Waals surface area contributed by atoms with Crippen molar-refractivity contribution in [2.24, 2.45) is 7.05 Å². The molecule has 0 radical (unpaired) electrons. The van der Waals surface area contributed by atoms with Crippen LogP contribution in [-0.4, -0.2) is 30.5 Å². The molecular weight excluding hydrogens is 412 g/mol. The third-order valence-corrected chi connectivity index (χ3v) is 5.83. The predicted octanol–water partition coefficient (Wildman–Crippen LogP) is 4.37. The van der Waals surface area contributed by atoms with Gasteiger partial charge in [-0.2, -0.15) is 10.2 Å². The Labute approximate surface area is 191 Å². The summed E-state index contributed by atoms with van der Waals surface area (Å²) in [5, 5.41) is 12.8. The van der Waals surface area contributed by atoms with Crippen LogP contribution in [0.3, 0.4) is 0 Å². The average molecular weight is 437 g/mol. The van der Waals surface area contributed by atoms with E-state index in [4.69, 9.17) is 4.98 Å². The van der Waals surface area contributed by atoms with Gasteiger partial charge in [-0.1, -0.05) is 36.4 Å². The van der Waals surface area contributed by atoms with Gasteiger partial charge in [0.05, 0.1) is 34.4 Å². The third kappa shape index (κ3) is 3.89. The Bertz CT molecular complexity index is 1470. The molecule has 164 valence electrons. The minimum absolute atomic E-state index is 0.148. The lowest BCUT2D eigenvalue weighted by Crippen LogP contribution is -2.24. The molecule has 3 heterocycles. The molecule has 0 aliphatic rings. The number of nitrogens with zero attached hydrogens (tertiary/aromatic N) is 5. The van der Waals surface area contributed by atoms with Crippen LogP contribution in [0.4, 0.5) is 0 Å². The van der Waals surface area contributed by atoms with Crippen LogP contribution in [0.5, 0.6) is 0 Å². The molecule has 0 saturated heterocycles. The topological polar surface area (TPSA) is 77.6 Å². The summed E-state index contributed by atoms with van der Waals surface area (Å²) >= 11 is 0. The first kappa shape index (κ1) is 20.6. The molecule has 0 atom stereocenters. The number of hydrogen-bond acceptors (Lipinski definition) is 4. The van der Waals surface area contributed by atoms with Gasteiger partial charge in [0.25, 0.3) is 5.91 Å². The zero-order valence-electron chi connectivity index (χ0n) is 18.8. The fourth-order valence-corrected chi connectivity index (χ4v) is 4.08. The van der Waals surface area contributed by atoms with Crippen LogP contribution >= 0.6 is 0 Å². The lowest BCUT2D eigenvalue weighted by Gasteiger charge is -2.11. The molecule has 2 aromatic carbocycles. The maximum absolute atomic E-state index is 13.3. The molecule has 7 heteroatoms. The molecule has 1 N–H and O–H groups in total. The molecule has 1 amide bonds. The molecule has 0 spiro atoms. The SMILES string of the molecule is Cc1nn(-c2ccccc2)c(C)c1CNC(=O)c1cc(-c2cnn(C)c2)nc2ccccc12. The van der Waals surface area contributed by atoms with Crippen molar-refractivity contribution >= 4 is 16.8 Å². The first-order valence-corrected chi connectivity index (χ1v) is 10.8. The normalized spacial score (nSPS) is 11.1. The van der Waals surface area contributed by atoms with Gasteiger partial charge in [-0.05, 0) is 38.1 Å². The van der Waals surface area contributed by atoms with Gasteiger partial charge in [0.2, 0.25) is 0 Å². The number of nitrogens with one attached hydrogen (secondary N) is 1. The number of carbonyl (C=O) groups excluding carboxylic acids is 1. The highest BCUT2D eigenvalue weighted by molar-refractivity contribution is 6.07. The molecule has 7 nitrogen and oxygen atoms in total. The Morgan fingerprint density at radius 3 is 2.55 bits per heavy atom. The van der Waals surface area contributed by atoms with Crippen LogP contribution < -0.4 is 5.32 Å². The quantitative estimate of drug-likeness (QED) is 0.444. The predicted molar refractivity (Wildman–Crippen MR) is 128 cm³/mol. The molecular formula is C26H24N6O. The van der Waals surface area contributed by atoms with Crippen molar-refractivity contribution in [3.8, 4) is 16.9 Å². The minimum Gasteiger partial charge on any atom is -0.348 e. The van der Waals surface area contributed by atoms with E-state index in [1.807, 2.05) is 92.4 Å². The molecule has 0 fully saturated rings. The Morgan fingerprint density at radius 2 is 1.79 bits per heavy atom. The fourth-order valence-electron chi connectivity index (χ4n) is 4.08. The number of hydrogen-bond donors (Lipinski definition) is 1. The number of amides is 1. The standard InChI is InChI=1S/C26H24N6O/c1-17-23(18(2)32(30-17)20-9-5-4-6-10-20)15-27-26(33)22-13-25(19-14-28-31(3)16-19)29-24-12-8-7-11-21(22)24/h4-14,16H,15H2,1-3H3,(H,27,33). The summed E-state index contributed by atoms with van der Waals surface area (Å²) in [7, 11) is 1.86. The lowest BCUT2D eigenvalue weighted by atomic mass is 10.0. The van der Waals surface area contributed by atoms with E-state index in [1.165, 1.54) is 0 Å². The summed E-state index contributed by atoms with van der Waals surface area (Å²) in [5.74, 6) is -0.148. The van der Waals surface area contributed by atoms with Crippen molar-refractivity contribution in [3.05, 3.63) is 95.6 Å². The molecule has 3 aromatic heterocycles. The maximum atomic E-state index is 13.3. The second-order valence-electron chi connectivity index (χ2n) is 8.05. The van der Waals surface area contributed by atoms with Gasteiger partial charge < -0.3 is 5.32 Å². The van der Waals surface area contributed by atoms with Crippen molar-refractivity contribution in [3.63, 3.8) is 0 Å². The Morgan fingerprint density at radius 1 is 1.03 bits per heavy atom. The van der Waals surface area contributed by atoms with Crippen LogP contribution in [0.25, 0.3) is 27.8 Å². The summed E-state index contributed by atoms with van der Waals surface area (Å²) in [6.07, 6.45) is 3.65. The minimum atomic E-state index is -0.148. The van der Waals surface area contributed by atoms with Crippen LogP contribution in [0.2, 0.25) is 0 Å². The van der Waals surface area contributed by atoms with Crippen molar-refractivity contribution in [2.45, 2.75) is 20.4 Å². The monoisotopic (exact) mass is 436 g/mol. The van der Waals surface area contributed by atoms with Gasteiger partial charge >= 0.3 is 0 Å². The number of aromatic nitrogens is 5. The highest BCUT2D eigenvalue weighted by Gasteiger charge is 2.17. The molecule has 0 saturated carbocycles. The Hall–Kier alpha value is -4.26. The highest BCUT2D eigenvalue weighted by Crippen LogP contribution is 2.25. The summed E-state index contributed by atoms with van der Waals surface area (Å²) < 4.78 is 3.64. The van der Waals surface area contributed by atoms with E-state index in [1.54, 1.807) is 10.9 Å². The molecule has 0 bridgehead atoms. The first-order chi connectivity index (χ1) is 16.0. The maximum Gasteiger partial charge on any atom is 0.252 e. The van der Waals surface area contributed by atoms with Crippen molar-refractivity contribution in [1.29, 1.82) is 0 Å². The molecule has 0 aliphatic carbocycles. The average Bonchev–Trinajstić information content (AvgIpc) is 3.40. The first-order valence-electron chi connectivity index (χ1n) is 10.8. The van der Waals surface area contributed by atoms with Gasteiger partial charge in [-0.25, -0.2) is 9.67 Å². The van der Waals surface area contributed by atoms with Crippen LogP contribution in [0, 0.1) is 13.8 Å². The van der Waals surface area contributed by atoms with Gasteiger partial charge in [0.15, 0.2) is 0 Å². The Kier molecular flexibility index (Phi) is 5.22. The molecule has 5 rings (SSSR count). The number of rotatable bonds is 5. The molecule has 0 unspecified atom stereocenters. The van der Waals surface area contributed by atoms with Crippen molar-refractivity contribution < 1.29 is 4.79 Å². The van der Waals surface area contributed by atoms with E-state index in [-0.39, 0.29) is 5.91 Å². The summed E-state index contributed by atoms with van der Waals surface area (Å²) in [4.78, 5) is 18.1. The van der Waals surface area contributed by atoms with E-state index in [0.717, 1.165) is 44.8 Å². The number of para-hydroxylation sites is 2. The Balaban J connectivity index is 1.46. The number of carbonyl (C=O) groups is 1. The highest BCUT2D eigenvalue weighted by atomic mass is 16.1. The number of aryl methyl sites for hydroxylation is 2. The second-order valence-corrected chi connectivity index (χ2v) is 8.05. The van der Waals surface area contributed by atoms with Crippen LogP contribution in [0.1, 0.15) is 27.3 Å². The lowest BCUT2D eigenvalue weighted by molar-refractivity contribution is 0.0952. The van der Waals surface area contributed by atoms with E-state index >= 15 is 0 Å². The van der Waals surface area contributed by atoms with Crippen LogP contribution in [0.15, 0.2) is 73.1 Å². The van der Waals surface area contributed by atoms with Gasteiger partial charge in [0.1, 0.15) is 0 Å². The van der Waals surface area contributed by atoms with E-state index in [0.29, 0.717) is 12.1 Å². The smallest absolute Gasteiger partial charge is 0.252 e. The summed E-state index contributed by atoms with van der Waals surface area (Å²) in [6, 6.07) is 19.5. The van der Waals surface area contributed by atoms with E-state index in [9.17, 15) is 4.79 Å². The van der Waals surface area contributed by atoms with Gasteiger partial charge in [-0.15, -0.1) is 0 Å². The van der Waals surface area contributed by atoms with E-state index in [2.05, 4.69) is 15.5 Å². The second kappa shape index (κ2) is 8.35. The van der Waals surface area contributed by atoms with E-state index < -0.39 is 0 Å². The zero-order valence-corrected chi connectivity index (χ0v) is 18.8. The van der Waals surface area contributed by atoms with Crippen LogP contribution in [-0.2, 0) is 13.6 Å². The fraction of sp³-hybridized carbons (Fsp3) is 0.154. The molecule has 0 aliphatic heterocycles. The third-order valence-electron chi connectivity index (χ3n) is 5.83. The van der Waals surface area contributed by atoms with Crippen molar-refractivity contribution in [2.75, 3.05) is 0 Å². The number of benzene rings is 2. The zero-order chi connectivity index (χ0) is 22.9. The molecule has 33 heavy (non-hydrogen) atoms. The summed E-state index contributed by atoms with van der Waals surface area (Å²) in [6.45, 7) is 4.38. The summed E-state index contributed by atoms with van der Waals surface area (Å²) in [5.41, 5.74) is 6.86. The number of pyridine rings is 1. The number of fused-ring (bicyclic) bond motifs is 1. The largest absolute Gasteiger partial charge is 0.348 e. The van der Waals surface area contributed by atoms with Gasteiger partial charge in [-0.3, -0.25) is 9.48 Å². The van der Waals surface area contributed by atoms with Crippen molar-refractivity contribution in [1.82, 2.24) is 29.9 Å².